The first-order valence-corrected chi connectivity index (χ1v) is 6.97. The summed E-state index contributed by atoms with van der Waals surface area (Å²) in [6, 6.07) is 8.04. The second-order valence-corrected chi connectivity index (χ2v) is 6.57. The van der Waals surface area contributed by atoms with Gasteiger partial charge in [0.2, 0.25) is 0 Å². The fourth-order valence-electron chi connectivity index (χ4n) is 2.25. The zero-order chi connectivity index (χ0) is 15.7. The smallest absolute Gasteiger partial charge is 0.258 e. The fraction of sp³-hybridized carbons (Fsp3) is 0.500. The Labute approximate surface area is 125 Å². The Morgan fingerprint density at radius 1 is 1.19 bits per heavy atom. The highest BCUT2D eigenvalue weighted by Gasteiger charge is 2.29. The normalized spacial score (nSPS) is 15.0. The van der Waals surface area contributed by atoms with Crippen LogP contribution in [0.2, 0.25) is 0 Å². The van der Waals surface area contributed by atoms with Gasteiger partial charge in [-0.3, -0.25) is 0 Å². The summed E-state index contributed by atoms with van der Waals surface area (Å²) in [5.41, 5.74) is 7.47. The van der Waals surface area contributed by atoms with Gasteiger partial charge in [-0.05, 0) is 24.0 Å². The molecule has 1 heterocycles. The van der Waals surface area contributed by atoms with Gasteiger partial charge < -0.3 is 15.0 Å². The molecule has 2 aromatic rings. The van der Waals surface area contributed by atoms with Gasteiger partial charge in [0, 0.05) is 12.7 Å². The average molecular weight is 289 g/mol. The zero-order valence-electron chi connectivity index (χ0n) is 13.3. The Bertz CT molecular complexity index is 612. The highest BCUT2D eigenvalue weighted by molar-refractivity contribution is 5.60. The van der Waals surface area contributed by atoms with E-state index < -0.39 is 5.54 Å². The minimum atomic E-state index is -0.771. The molecular weight excluding hydrogens is 266 g/mol. The van der Waals surface area contributed by atoms with E-state index in [1.165, 1.54) is 0 Å². The molecule has 2 rings (SSSR count). The van der Waals surface area contributed by atoms with E-state index in [1.54, 1.807) is 7.11 Å². The number of hydrogen-bond donors (Lipinski definition) is 1. The topological polar surface area (TPSA) is 74.2 Å². The monoisotopic (exact) mass is 289 g/mol. The number of nitrogens with zero attached hydrogens (tertiary/aromatic N) is 2. The van der Waals surface area contributed by atoms with Gasteiger partial charge in [-0.15, -0.1) is 0 Å². The lowest BCUT2D eigenvalue weighted by Gasteiger charge is -2.21. The fourth-order valence-corrected chi connectivity index (χ4v) is 2.25. The highest BCUT2D eigenvalue weighted by atomic mass is 16.5. The van der Waals surface area contributed by atoms with E-state index in [1.807, 2.05) is 25.1 Å². The van der Waals surface area contributed by atoms with Crippen molar-refractivity contribution in [2.75, 3.05) is 13.7 Å². The second kappa shape index (κ2) is 5.58. The zero-order valence-corrected chi connectivity index (χ0v) is 13.3. The standard InChI is InChI=1S/C16H23N3O2/c1-15(2,3)12-9-7-6-8-11(12)13-18-14(19-21-13)16(4,17)10-20-5/h6-9H,10,17H2,1-5H3. The Balaban J connectivity index is 2.44. The molecule has 5 heteroatoms. The lowest BCUT2D eigenvalue weighted by Crippen LogP contribution is -2.38. The molecule has 1 aromatic carbocycles. The third kappa shape index (κ3) is 3.31. The molecular formula is C16H23N3O2. The Morgan fingerprint density at radius 2 is 1.86 bits per heavy atom. The Hall–Kier alpha value is -1.72. The summed E-state index contributed by atoms with van der Waals surface area (Å²) in [6.45, 7) is 8.61. The SMILES string of the molecule is COCC(C)(N)c1noc(-c2ccccc2C(C)(C)C)n1. The first-order chi connectivity index (χ1) is 9.75. The summed E-state index contributed by atoms with van der Waals surface area (Å²) >= 11 is 0. The summed E-state index contributed by atoms with van der Waals surface area (Å²) in [5, 5.41) is 4.01. The van der Waals surface area contributed by atoms with Crippen LogP contribution in [-0.2, 0) is 15.7 Å². The van der Waals surface area contributed by atoms with Gasteiger partial charge in [0.05, 0.1) is 6.61 Å². The molecule has 5 nitrogen and oxygen atoms in total. The maximum Gasteiger partial charge on any atom is 0.258 e. The molecule has 0 aliphatic rings. The number of aromatic nitrogens is 2. The molecule has 2 N–H and O–H groups in total. The van der Waals surface area contributed by atoms with Gasteiger partial charge in [0.15, 0.2) is 5.82 Å². The molecule has 1 atom stereocenters. The summed E-state index contributed by atoms with van der Waals surface area (Å²) in [7, 11) is 1.60. The number of nitrogens with two attached hydrogens (primary N) is 1. The first-order valence-electron chi connectivity index (χ1n) is 6.97. The lowest BCUT2D eigenvalue weighted by molar-refractivity contribution is 0.135. The van der Waals surface area contributed by atoms with Crippen LogP contribution in [0.3, 0.4) is 0 Å². The van der Waals surface area contributed by atoms with Gasteiger partial charge in [-0.2, -0.15) is 4.98 Å². The summed E-state index contributed by atoms with van der Waals surface area (Å²) in [4.78, 5) is 4.46. The molecule has 1 aromatic heterocycles. The van der Waals surface area contributed by atoms with Crippen LogP contribution in [-0.4, -0.2) is 23.9 Å². The summed E-state index contributed by atoms with van der Waals surface area (Å²) < 4.78 is 10.5. The number of methoxy groups -OCH3 is 1. The van der Waals surface area contributed by atoms with Gasteiger partial charge in [0.1, 0.15) is 5.54 Å². The molecule has 21 heavy (non-hydrogen) atoms. The van der Waals surface area contributed by atoms with Crippen LogP contribution >= 0.6 is 0 Å². The predicted octanol–water partition coefficient (Wildman–Crippen LogP) is 2.85. The van der Waals surface area contributed by atoms with E-state index in [9.17, 15) is 0 Å². The molecule has 0 aliphatic heterocycles. The van der Waals surface area contributed by atoms with Crippen LogP contribution in [0.1, 0.15) is 39.1 Å². The molecule has 114 valence electrons. The Kier molecular flexibility index (Phi) is 4.16. The van der Waals surface area contributed by atoms with Crippen molar-refractivity contribution in [1.29, 1.82) is 0 Å². The first kappa shape index (κ1) is 15.7. The van der Waals surface area contributed by atoms with E-state index in [-0.39, 0.29) is 5.41 Å². The third-order valence-electron chi connectivity index (χ3n) is 3.35. The van der Waals surface area contributed by atoms with Crippen molar-refractivity contribution in [1.82, 2.24) is 10.1 Å². The maximum absolute atomic E-state index is 6.15. The molecule has 0 fully saturated rings. The minimum absolute atomic E-state index is 0.0101. The lowest BCUT2D eigenvalue weighted by atomic mass is 9.84. The van der Waals surface area contributed by atoms with Gasteiger partial charge in [-0.25, -0.2) is 0 Å². The van der Waals surface area contributed by atoms with Crippen molar-refractivity contribution in [2.45, 2.75) is 38.6 Å². The third-order valence-corrected chi connectivity index (χ3v) is 3.35. The Morgan fingerprint density at radius 3 is 2.48 bits per heavy atom. The number of hydrogen-bond acceptors (Lipinski definition) is 5. The number of benzene rings is 1. The molecule has 0 aliphatic carbocycles. The quantitative estimate of drug-likeness (QED) is 0.936. The van der Waals surface area contributed by atoms with E-state index in [0.29, 0.717) is 18.3 Å². The van der Waals surface area contributed by atoms with Crippen LogP contribution in [0, 0.1) is 0 Å². The molecule has 0 bridgehead atoms. The summed E-state index contributed by atoms with van der Waals surface area (Å²) in [5.74, 6) is 0.936. The second-order valence-electron chi connectivity index (χ2n) is 6.57. The van der Waals surface area contributed by atoms with Crippen LogP contribution in [0.15, 0.2) is 28.8 Å². The van der Waals surface area contributed by atoms with E-state index in [2.05, 4.69) is 37.0 Å². The summed E-state index contributed by atoms with van der Waals surface area (Å²) in [6.07, 6.45) is 0. The predicted molar refractivity (Wildman–Crippen MR) is 81.8 cm³/mol. The van der Waals surface area contributed by atoms with Crippen LogP contribution < -0.4 is 5.73 Å². The van der Waals surface area contributed by atoms with Gasteiger partial charge in [0.25, 0.3) is 5.89 Å². The highest BCUT2D eigenvalue weighted by Crippen LogP contribution is 2.32. The minimum Gasteiger partial charge on any atom is -0.382 e. The number of ether oxygens (including phenoxy) is 1. The van der Waals surface area contributed by atoms with E-state index in [0.717, 1.165) is 11.1 Å². The molecule has 0 amide bonds. The molecule has 0 saturated carbocycles. The van der Waals surface area contributed by atoms with Crippen LogP contribution in [0.5, 0.6) is 0 Å². The number of rotatable bonds is 4. The van der Waals surface area contributed by atoms with Crippen LogP contribution in [0.25, 0.3) is 11.5 Å². The molecule has 0 saturated heterocycles. The van der Waals surface area contributed by atoms with Crippen molar-refractivity contribution >= 4 is 0 Å². The van der Waals surface area contributed by atoms with E-state index >= 15 is 0 Å². The van der Waals surface area contributed by atoms with Crippen molar-refractivity contribution in [3.63, 3.8) is 0 Å². The molecule has 0 radical (unpaired) electrons. The van der Waals surface area contributed by atoms with Crippen molar-refractivity contribution in [2.24, 2.45) is 5.73 Å². The largest absolute Gasteiger partial charge is 0.382 e. The van der Waals surface area contributed by atoms with Crippen molar-refractivity contribution < 1.29 is 9.26 Å². The maximum atomic E-state index is 6.15. The average Bonchev–Trinajstić information content (AvgIpc) is 2.88. The molecule has 0 spiro atoms. The van der Waals surface area contributed by atoms with Crippen LogP contribution in [0.4, 0.5) is 0 Å². The van der Waals surface area contributed by atoms with E-state index in [4.69, 9.17) is 15.0 Å². The van der Waals surface area contributed by atoms with Gasteiger partial charge in [-0.1, -0.05) is 44.1 Å². The molecule has 1 unspecified atom stereocenters. The van der Waals surface area contributed by atoms with Crippen molar-refractivity contribution in [3.8, 4) is 11.5 Å². The van der Waals surface area contributed by atoms with Crippen molar-refractivity contribution in [3.05, 3.63) is 35.7 Å². The van der Waals surface area contributed by atoms with Gasteiger partial charge >= 0.3 is 0 Å².